The fourth-order valence-corrected chi connectivity index (χ4v) is 2.91. The molecule has 1 saturated carbocycles. The highest BCUT2D eigenvalue weighted by Gasteiger charge is 2.28. The highest BCUT2D eigenvalue weighted by molar-refractivity contribution is 6.31. The molecular weight excluding hydrogens is 274 g/mol. The molecule has 110 valence electrons. The minimum Gasteiger partial charge on any atom is -0.388 e. The van der Waals surface area contributed by atoms with Crippen LogP contribution in [-0.2, 0) is 11.2 Å². The van der Waals surface area contributed by atoms with Gasteiger partial charge in [0.05, 0.1) is 12.0 Å². The number of rotatable bonds is 4. The molecule has 0 aromatic heterocycles. The average molecular weight is 296 g/mol. The van der Waals surface area contributed by atoms with Crippen LogP contribution < -0.4 is 5.32 Å². The Morgan fingerprint density at radius 3 is 2.50 bits per heavy atom. The lowest BCUT2D eigenvalue weighted by Gasteiger charge is -2.26. The molecule has 0 saturated heterocycles. The molecular formula is C16H22ClNO2. The number of aliphatic hydroxyl groups is 1. The first-order chi connectivity index (χ1) is 9.59. The minimum absolute atomic E-state index is 0.0872. The van der Waals surface area contributed by atoms with E-state index in [1.807, 2.05) is 18.2 Å². The Hall–Kier alpha value is -1.06. The van der Waals surface area contributed by atoms with Crippen LogP contribution in [0.1, 0.15) is 44.1 Å². The Kier molecular flexibility index (Phi) is 5.44. The van der Waals surface area contributed by atoms with Crippen LogP contribution in [0.15, 0.2) is 24.3 Å². The van der Waals surface area contributed by atoms with E-state index < -0.39 is 5.60 Å². The average Bonchev–Trinajstić information content (AvgIpc) is 2.65. The van der Waals surface area contributed by atoms with Gasteiger partial charge in [0.25, 0.3) is 0 Å². The van der Waals surface area contributed by atoms with Crippen molar-refractivity contribution in [1.82, 2.24) is 5.32 Å². The largest absolute Gasteiger partial charge is 0.388 e. The molecule has 0 bridgehead atoms. The molecule has 20 heavy (non-hydrogen) atoms. The zero-order valence-corrected chi connectivity index (χ0v) is 12.5. The van der Waals surface area contributed by atoms with Crippen LogP contribution in [0.2, 0.25) is 5.02 Å². The van der Waals surface area contributed by atoms with Crippen molar-refractivity contribution in [3.05, 3.63) is 34.9 Å². The molecule has 0 heterocycles. The molecule has 0 aliphatic heterocycles. The zero-order chi connectivity index (χ0) is 14.4. The number of amides is 1. The third-order valence-electron chi connectivity index (χ3n) is 3.96. The number of nitrogens with one attached hydrogen (secondary N) is 1. The molecule has 1 aliphatic carbocycles. The first kappa shape index (κ1) is 15.3. The number of carbonyl (C=O) groups is 1. The zero-order valence-electron chi connectivity index (χ0n) is 11.7. The molecule has 2 rings (SSSR count). The van der Waals surface area contributed by atoms with Gasteiger partial charge in [-0.3, -0.25) is 4.79 Å². The number of hydrogen-bond donors (Lipinski definition) is 2. The summed E-state index contributed by atoms with van der Waals surface area (Å²) in [4.78, 5) is 12.0. The van der Waals surface area contributed by atoms with Crippen LogP contribution in [0, 0.1) is 0 Å². The van der Waals surface area contributed by atoms with Gasteiger partial charge in [0.15, 0.2) is 0 Å². The van der Waals surface area contributed by atoms with Crippen molar-refractivity contribution >= 4 is 17.5 Å². The lowest BCUT2D eigenvalue weighted by molar-refractivity contribution is -0.121. The van der Waals surface area contributed by atoms with Crippen LogP contribution >= 0.6 is 11.6 Å². The number of hydrogen-bond acceptors (Lipinski definition) is 2. The van der Waals surface area contributed by atoms with Gasteiger partial charge in [0.2, 0.25) is 5.91 Å². The van der Waals surface area contributed by atoms with E-state index in [4.69, 9.17) is 11.6 Å². The third kappa shape index (κ3) is 4.50. The first-order valence-electron chi connectivity index (χ1n) is 7.32. The van der Waals surface area contributed by atoms with E-state index in [-0.39, 0.29) is 12.3 Å². The van der Waals surface area contributed by atoms with Gasteiger partial charge in [-0.15, -0.1) is 0 Å². The summed E-state index contributed by atoms with van der Waals surface area (Å²) in [5.74, 6) is -0.0872. The highest BCUT2D eigenvalue weighted by Crippen LogP contribution is 2.26. The second-order valence-electron chi connectivity index (χ2n) is 5.68. The van der Waals surface area contributed by atoms with Crippen molar-refractivity contribution in [3.8, 4) is 0 Å². The molecule has 2 N–H and O–H groups in total. The molecule has 0 radical (unpaired) electrons. The van der Waals surface area contributed by atoms with Crippen LogP contribution in [0.5, 0.6) is 0 Å². The van der Waals surface area contributed by atoms with E-state index in [0.29, 0.717) is 11.6 Å². The van der Waals surface area contributed by atoms with Crippen molar-refractivity contribution in [1.29, 1.82) is 0 Å². The molecule has 1 amide bonds. The molecule has 1 aromatic carbocycles. The summed E-state index contributed by atoms with van der Waals surface area (Å²) in [5, 5.41) is 13.9. The summed E-state index contributed by atoms with van der Waals surface area (Å²) in [6.07, 6.45) is 6.24. The summed E-state index contributed by atoms with van der Waals surface area (Å²) in [5.41, 5.74) is 0.0895. The molecule has 1 aromatic rings. The van der Waals surface area contributed by atoms with Crippen molar-refractivity contribution in [2.45, 2.75) is 50.5 Å². The quantitative estimate of drug-likeness (QED) is 0.839. The Labute approximate surface area is 125 Å². The molecule has 4 heteroatoms. The number of benzene rings is 1. The lowest BCUT2D eigenvalue weighted by atomic mass is 9.94. The maximum Gasteiger partial charge on any atom is 0.224 e. The van der Waals surface area contributed by atoms with Crippen LogP contribution in [0.4, 0.5) is 0 Å². The smallest absolute Gasteiger partial charge is 0.224 e. The molecule has 1 aliphatic rings. The Balaban J connectivity index is 1.84. The second kappa shape index (κ2) is 7.09. The van der Waals surface area contributed by atoms with Gasteiger partial charge in [0.1, 0.15) is 0 Å². The van der Waals surface area contributed by atoms with Crippen molar-refractivity contribution in [2.24, 2.45) is 0 Å². The van der Waals surface area contributed by atoms with Gasteiger partial charge >= 0.3 is 0 Å². The molecule has 3 nitrogen and oxygen atoms in total. The summed E-state index contributed by atoms with van der Waals surface area (Å²) in [6.45, 7) is 0.344. The molecule has 1 fully saturated rings. The van der Waals surface area contributed by atoms with Crippen molar-refractivity contribution in [2.75, 3.05) is 6.54 Å². The summed E-state index contributed by atoms with van der Waals surface area (Å²) in [6, 6.07) is 7.34. The molecule has 0 spiro atoms. The van der Waals surface area contributed by atoms with Gasteiger partial charge in [-0.25, -0.2) is 0 Å². The standard InChI is InChI=1S/C16H22ClNO2/c17-14-8-4-3-7-13(14)11-15(19)18-12-16(20)9-5-1-2-6-10-16/h3-4,7-8,20H,1-2,5-6,9-12H2,(H,18,19). The van der Waals surface area contributed by atoms with Crippen molar-refractivity contribution in [3.63, 3.8) is 0 Å². The van der Waals surface area contributed by atoms with E-state index >= 15 is 0 Å². The summed E-state index contributed by atoms with van der Waals surface area (Å²) in [7, 11) is 0. The number of halogens is 1. The van der Waals surface area contributed by atoms with Gasteiger partial charge < -0.3 is 10.4 Å². The summed E-state index contributed by atoms with van der Waals surface area (Å²) >= 11 is 6.04. The van der Waals surface area contributed by atoms with Crippen LogP contribution in [0.3, 0.4) is 0 Å². The second-order valence-corrected chi connectivity index (χ2v) is 6.09. The van der Waals surface area contributed by atoms with Crippen LogP contribution in [0.25, 0.3) is 0 Å². The SMILES string of the molecule is O=C(Cc1ccccc1Cl)NCC1(O)CCCCCC1. The lowest BCUT2D eigenvalue weighted by Crippen LogP contribution is -2.43. The highest BCUT2D eigenvalue weighted by atomic mass is 35.5. The fraction of sp³-hybridized carbons (Fsp3) is 0.562. The third-order valence-corrected chi connectivity index (χ3v) is 4.33. The predicted molar refractivity (Wildman–Crippen MR) is 80.8 cm³/mol. The predicted octanol–water partition coefficient (Wildman–Crippen LogP) is 3.08. The van der Waals surface area contributed by atoms with E-state index in [9.17, 15) is 9.90 Å². The Morgan fingerprint density at radius 2 is 1.85 bits per heavy atom. The minimum atomic E-state index is -0.730. The molecule has 0 unspecified atom stereocenters. The Bertz CT molecular complexity index is 454. The summed E-state index contributed by atoms with van der Waals surface area (Å²) < 4.78 is 0. The van der Waals surface area contributed by atoms with Gasteiger partial charge in [-0.05, 0) is 24.5 Å². The Morgan fingerprint density at radius 1 is 1.20 bits per heavy atom. The fourth-order valence-electron chi connectivity index (χ4n) is 2.70. The maximum absolute atomic E-state index is 12.0. The van der Waals surface area contributed by atoms with E-state index in [2.05, 4.69) is 5.32 Å². The van der Waals surface area contributed by atoms with Gasteiger partial charge in [-0.1, -0.05) is 55.5 Å². The first-order valence-corrected chi connectivity index (χ1v) is 7.69. The molecule has 0 atom stereocenters. The van der Waals surface area contributed by atoms with E-state index in [1.165, 1.54) is 12.8 Å². The van der Waals surface area contributed by atoms with E-state index in [1.54, 1.807) is 6.07 Å². The number of carbonyl (C=O) groups excluding carboxylic acids is 1. The van der Waals surface area contributed by atoms with Crippen molar-refractivity contribution < 1.29 is 9.90 Å². The monoisotopic (exact) mass is 295 g/mol. The maximum atomic E-state index is 12.0. The van der Waals surface area contributed by atoms with E-state index in [0.717, 1.165) is 31.2 Å². The van der Waals surface area contributed by atoms with Gasteiger partial charge in [-0.2, -0.15) is 0 Å². The normalized spacial score (nSPS) is 18.3. The van der Waals surface area contributed by atoms with Gasteiger partial charge in [0, 0.05) is 11.6 Å². The van der Waals surface area contributed by atoms with Crippen LogP contribution in [-0.4, -0.2) is 23.2 Å². The topological polar surface area (TPSA) is 49.3 Å².